The average Bonchev–Trinajstić information content (AvgIpc) is 3.47. The number of nitrogens with zero attached hydrogens (tertiary/aromatic N) is 3. The summed E-state index contributed by atoms with van der Waals surface area (Å²) in [7, 11) is 0. The molecule has 150 valence electrons. The maximum Gasteiger partial charge on any atom is 0.0886 e. The SMILES string of the molecule is CCCCCCCCn1c2ccsc2c2sccc21.c1ccc2nccnc2c1. The summed E-state index contributed by atoms with van der Waals surface area (Å²) in [5, 5.41) is 4.45. The van der Waals surface area contributed by atoms with E-state index in [-0.39, 0.29) is 0 Å². The van der Waals surface area contributed by atoms with Gasteiger partial charge in [0.2, 0.25) is 0 Å². The Bertz CT molecular complexity index is 1060. The minimum absolute atomic E-state index is 0.949. The quantitative estimate of drug-likeness (QED) is 0.250. The van der Waals surface area contributed by atoms with Crippen molar-refractivity contribution in [1.29, 1.82) is 0 Å². The molecule has 0 aliphatic heterocycles. The Kier molecular flexibility index (Phi) is 6.91. The number of para-hydroxylation sites is 2. The molecule has 4 heterocycles. The van der Waals surface area contributed by atoms with Crippen molar-refractivity contribution in [1.82, 2.24) is 14.5 Å². The number of benzene rings is 1. The number of hydrogen-bond acceptors (Lipinski definition) is 4. The monoisotopic (exact) mass is 421 g/mol. The fraction of sp³-hybridized carbons (Fsp3) is 0.333. The molecule has 0 fully saturated rings. The van der Waals surface area contributed by atoms with E-state index in [1.54, 1.807) is 12.4 Å². The van der Waals surface area contributed by atoms with E-state index in [1.165, 1.54) is 65.5 Å². The lowest BCUT2D eigenvalue weighted by molar-refractivity contribution is 0.571. The number of fused-ring (bicyclic) bond motifs is 4. The second-order valence-corrected chi connectivity index (χ2v) is 9.07. The highest BCUT2D eigenvalue weighted by atomic mass is 32.1. The van der Waals surface area contributed by atoms with Crippen LogP contribution < -0.4 is 0 Å². The van der Waals surface area contributed by atoms with Gasteiger partial charge >= 0.3 is 0 Å². The van der Waals surface area contributed by atoms with Crippen LogP contribution in [-0.2, 0) is 6.54 Å². The first kappa shape index (κ1) is 20.0. The third-order valence-electron chi connectivity index (χ3n) is 5.19. The molecule has 0 unspecified atom stereocenters. The summed E-state index contributed by atoms with van der Waals surface area (Å²) in [6.45, 7) is 3.46. The first-order valence-corrected chi connectivity index (χ1v) is 12.2. The van der Waals surface area contributed by atoms with Gasteiger partial charge in [-0.15, -0.1) is 22.7 Å². The molecule has 1 aromatic carbocycles. The molecule has 0 amide bonds. The molecule has 0 bridgehead atoms. The highest BCUT2D eigenvalue weighted by Crippen LogP contribution is 2.36. The van der Waals surface area contributed by atoms with Gasteiger partial charge in [-0.05, 0) is 41.4 Å². The molecule has 0 saturated heterocycles. The maximum atomic E-state index is 4.12. The molecule has 3 nitrogen and oxygen atoms in total. The van der Waals surface area contributed by atoms with Crippen LogP contribution in [0, 0.1) is 0 Å². The molecular weight excluding hydrogens is 394 g/mol. The van der Waals surface area contributed by atoms with Crippen LogP contribution >= 0.6 is 22.7 Å². The molecule has 0 radical (unpaired) electrons. The molecule has 0 atom stereocenters. The van der Waals surface area contributed by atoms with Gasteiger partial charge in [-0.1, -0.05) is 51.2 Å². The van der Waals surface area contributed by atoms with Crippen LogP contribution in [0.15, 0.2) is 59.6 Å². The van der Waals surface area contributed by atoms with Gasteiger partial charge in [0.25, 0.3) is 0 Å². The Morgan fingerprint density at radius 3 is 1.86 bits per heavy atom. The van der Waals surface area contributed by atoms with Gasteiger partial charge < -0.3 is 4.57 Å². The average molecular weight is 422 g/mol. The van der Waals surface area contributed by atoms with Crippen LogP contribution in [0.25, 0.3) is 31.5 Å². The van der Waals surface area contributed by atoms with Gasteiger partial charge in [0.15, 0.2) is 0 Å². The van der Waals surface area contributed by atoms with Gasteiger partial charge in [0, 0.05) is 18.9 Å². The number of aromatic nitrogens is 3. The summed E-state index contributed by atoms with van der Waals surface area (Å²) in [5.74, 6) is 0. The van der Waals surface area contributed by atoms with Crippen molar-refractivity contribution < 1.29 is 0 Å². The number of hydrogen-bond donors (Lipinski definition) is 0. The predicted molar refractivity (Wildman–Crippen MR) is 128 cm³/mol. The molecule has 0 aliphatic rings. The van der Waals surface area contributed by atoms with E-state index >= 15 is 0 Å². The minimum Gasteiger partial charge on any atom is -0.339 e. The predicted octanol–water partition coefficient (Wildman–Crippen LogP) is 7.91. The number of thiophene rings is 2. The summed E-state index contributed by atoms with van der Waals surface area (Å²) < 4.78 is 5.49. The standard InChI is InChI=1S/C16H21NS2.C8H6N2/c1-2-3-4-5-6-7-10-17-13-8-11-18-15(13)16-14(17)9-12-19-16;1-2-4-8-7(3-1)9-5-6-10-8/h8-9,11-12H,2-7,10H2,1H3;1-6H. The normalized spacial score (nSPS) is 11.2. The van der Waals surface area contributed by atoms with Gasteiger partial charge in [-0.3, -0.25) is 9.97 Å². The van der Waals surface area contributed by atoms with Crippen LogP contribution in [-0.4, -0.2) is 14.5 Å². The fourth-order valence-electron chi connectivity index (χ4n) is 3.70. The number of aryl methyl sites for hydroxylation is 1. The topological polar surface area (TPSA) is 30.7 Å². The lowest BCUT2D eigenvalue weighted by Gasteiger charge is -2.05. The number of rotatable bonds is 7. The molecule has 5 heteroatoms. The van der Waals surface area contributed by atoms with E-state index < -0.39 is 0 Å². The zero-order valence-corrected chi connectivity index (χ0v) is 18.5. The highest BCUT2D eigenvalue weighted by molar-refractivity contribution is 7.25. The Labute approximate surface area is 180 Å². The minimum atomic E-state index is 0.949. The van der Waals surface area contributed by atoms with Crippen molar-refractivity contribution in [3.05, 3.63) is 59.6 Å². The summed E-state index contributed by atoms with van der Waals surface area (Å²) in [5.41, 5.74) is 4.79. The number of unbranched alkanes of at least 4 members (excludes halogenated alkanes) is 5. The van der Waals surface area contributed by atoms with Gasteiger partial charge in [0.05, 0.1) is 31.5 Å². The van der Waals surface area contributed by atoms with Crippen molar-refractivity contribution in [2.75, 3.05) is 0 Å². The molecule has 4 aromatic heterocycles. The van der Waals surface area contributed by atoms with E-state index in [4.69, 9.17) is 0 Å². The molecular formula is C24H27N3S2. The van der Waals surface area contributed by atoms with Crippen LogP contribution in [0.5, 0.6) is 0 Å². The van der Waals surface area contributed by atoms with Crippen LogP contribution in [0.2, 0.25) is 0 Å². The van der Waals surface area contributed by atoms with Crippen molar-refractivity contribution in [3.63, 3.8) is 0 Å². The molecule has 0 spiro atoms. The van der Waals surface area contributed by atoms with Crippen molar-refractivity contribution >= 4 is 54.1 Å². The van der Waals surface area contributed by atoms with E-state index in [1.807, 2.05) is 46.9 Å². The second-order valence-electron chi connectivity index (χ2n) is 7.23. The van der Waals surface area contributed by atoms with Crippen molar-refractivity contribution in [2.24, 2.45) is 0 Å². The molecule has 0 N–H and O–H groups in total. The Hall–Kier alpha value is -2.24. The van der Waals surface area contributed by atoms with E-state index in [0.717, 1.165) is 11.0 Å². The van der Waals surface area contributed by atoms with Crippen LogP contribution in [0.3, 0.4) is 0 Å². The van der Waals surface area contributed by atoms with Gasteiger partial charge in [-0.25, -0.2) is 0 Å². The lowest BCUT2D eigenvalue weighted by atomic mass is 10.1. The molecule has 0 saturated carbocycles. The van der Waals surface area contributed by atoms with Gasteiger partial charge in [-0.2, -0.15) is 0 Å². The van der Waals surface area contributed by atoms with Crippen LogP contribution in [0.4, 0.5) is 0 Å². The first-order valence-electron chi connectivity index (χ1n) is 10.5. The van der Waals surface area contributed by atoms with Gasteiger partial charge in [0.1, 0.15) is 0 Å². The summed E-state index contributed by atoms with van der Waals surface area (Å²) in [6.07, 6.45) is 11.6. The zero-order valence-electron chi connectivity index (χ0n) is 16.9. The molecule has 5 aromatic rings. The molecule has 0 aliphatic carbocycles. The van der Waals surface area contributed by atoms with E-state index in [9.17, 15) is 0 Å². The first-order chi connectivity index (χ1) is 14.4. The Balaban J connectivity index is 0.000000171. The second kappa shape index (κ2) is 9.99. The largest absolute Gasteiger partial charge is 0.339 e. The summed E-state index contributed by atoms with van der Waals surface area (Å²) >= 11 is 3.76. The highest BCUT2D eigenvalue weighted by Gasteiger charge is 2.12. The van der Waals surface area contributed by atoms with E-state index in [2.05, 4.69) is 44.4 Å². The van der Waals surface area contributed by atoms with Crippen molar-refractivity contribution in [3.8, 4) is 0 Å². The third kappa shape index (κ3) is 4.68. The van der Waals surface area contributed by atoms with E-state index in [0.29, 0.717) is 0 Å². The molecule has 29 heavy (non-hydrogen) atoms. The zero-order chi connectivity index (χ0) is 19.9. The van der Waals surface area contributed by atoms with Crippen LogP contribution in [0.1, 0.15) is 45.4 Å². The third-order valence-corrected chi connectivity index (χ3v) is 7.16. The van der Waals surface area contributed by atoms with Crippen molar-refractivity contribution in [2.45, 2.75) is 52.0 Å². The fourth-order valence-corrected chi connectivity index (χ4v) is 5.68. The Morgan fingerprint density at radius 1 is 0.724 bits per heavy atom. The Morgan fingerprint density at radius 2 is 1.28 bits per heavy atom. The smallest absolute Gasteiger partial charge is 0.0886 e. The summed E-state index contributed by atoms with van der Waals surface area (Å²) in [6, 6.07) is 12.4. The summed E-state index contributed by atoms with van der Waals surface area (Å²) in [4.78, 5) is 8.24. The molecule has 5 rings (SSSR count). The maximum absolute atomic E-state index is 4.12. The lowest BCUT2D eigenvalue weighted by Crippen LogP contribution is -1.96.